The van der Waals surface area contributed by atoms with Crippen LogP contribution >= 0.6 is 0 Å². The van der Waals surface area contributed by atoms with Gasteiger partial charge in [-0.2, -0.15) is 0 Å². The summed E-state index contributed by atoms with van der Waals surface area (Å²) < 4.78 is 0. The van der Waals surface area contributed by atoms with Crippen molar-refractivity contribution >= 4 is 0 Å². The topological polar surface area (TPSA) is 12.0 Å². The Kier molecular flexibility index (Phi) is 5.54. The van der Waals surface area contributed by atoms with Crippen molar-refractivity contribution < 1.29 is 0 Å². The Hall–Kier alpha value is -0.0400. The number of hydrogen-bond acceptors (Lipinski definition) is 1. The van der Waals surface area contributed by atoms with Gasteiger partial charge in [0.15, 0.2) is 0 Å². The van der Waals surface area contributed by atoms with Gasteiger partial charge >= 0.3 is 0 Å². The maximum absolute atomic E-state index is 3.67. The predicted molar refractivity (Wildman–Crippen MR) is 63.5 cm³/mol. The zero-order chi connectivity index (χ0) is 10.4. The number of piperidine rings is 1. The molecule has 2 aliphatic rings. The Labute approximate surface area is 89.7 Å². The van der Waals surface area contributed by atoms with Gasteiger partial charge in [0.2, 0.25) is 0 Å². The van der Waals surface area contributed by atoms with Crippen molar-refractivity contribution in [3.05, 3.63) is 0 Å². The van der Waals surface area contributed by atoms with Crippen LogP contribution in [0.1, 0.15) is 59.3 Å². The first-order valence-electron chi connectivity index (χ1n) is 6.63. The van der Waals surface area contributed by atoms with E-state index in [0.29, 0.717) is 0 Å². The van der Waals surface area contributed by atoms with Gasteiger partial charge in [0.1, 0.15) is 0 Å². The first-order valence-corrected chi connectivity index (χ1v) is 6.63. The van der Waals surface area contributed by atoms with Gasteiger partial charge in [0, 0.05) is 6.04 Å². The third kappa shape index (κ3) is 2.98. The predicted octanol–water partition coefficient (Wildman–Crippen LogP) is 3.59. The molecule has 1 aliphatic heterocycles. The Morgan fingerprint density at radius 2 is 1.71 bits per heavy atom. The smallest absolute Gasteiger partial charge is 0.00673 e. The van der Waals surface area contributed by atoms with Gasteiger partial charge in [-0.25, -0.2) is 0 Å². The summed E-state index contributed by atoms with van der Waals surface area (Å²) in [6.07, 6.45) is 8.78. The van der Waals surface area contributed by atoms with Crippen LogP contribution in [0.3, 0.4) is 0 Å². The summed E-state index contributed by atoms with van der Waals surface area (Å²) in [5.74, 6) is 2.10. The van der Waals surface area contributed by atoms with E-state index in [4.69, 9.17) is 0 Å². The van der Waals surface area contributed by atoms with Crippen LogP contribution < -0.4 is 5.32 Å². The highest BCUT2D eigenvalue weighted by molar-refractivity contribution is 4.86. The van der Waals surface area contributed by atoms with E-state index < -0.39 is 0 Å². The highest BCUT2D eigenvalue weighted by atomic mass is 14.9. The molecule has 84 valence electrons. The molecule has 2 rings (SSSR count). The van der Waals surface area contributed by atoms with Gasteiger partial charge in [-0.1, -0.05) is 40.0 Å². The molecular weight excluding hydrogens is 170 g/mol. The monoisotopic (exact) mass is 197 g/mol. The molecule has 14 heavy (non-hydrogen) atoms. The molecule has 1 N–H and O–H groups in total. The summed E-state index contributed by atoms with van der Waals surface area (Å²) >= 11 is 0. The first kappa shape index (κ1) is 12.0. The lowest BCUT2D eigenvalue weighted by Crippen LogP contribution is -2.44. The highest BCUT2D eigenvalue weighted by Gasteiger charge is 2.30. The summed E-state index contributed by atoms with van der Waals surface area (Å²) in [7, 11) is 0. The molecule has 3 atom stereocenters. The number of nitrogens with one attached hydrogen (secondary N) is 1. The third-order valence-corrected chi connectivity index (χ3v) is 3.82. The fourth-order valence-corrected chi connectivity index (χ4v) is 2.94. The summed E-state index contributed by atoms with van der Waals surface area (Å²) in [6.45, 7) is 7.62. The van der Waals surface area contributed by atoms with E-state index in [1.807, 2.05) is 13.8 Å². The third-order valence-electron chi connectivity index (χ3n) is 3.82. The van der Waals surface area contributed by atoms with E-state index in [-0.39, 0.29) is 0 Å². The zero-order valence-electron chi connectivity index (χ0n) is 10.2. The van der Waals surface area contributed by atoms with Crippen molar-refractivity contribution in [2.45, 2.75) is 65.3 Å². The minimum Gasteiger partial charge on any atom is -0.314 e. The highest BCUT2D eigenvalue weighted by Crippen LogP contribution is 2.35. The first-order chi connectivity index (χ1) is 6.90. The van der Waals surface area contributed by atoms with Crippen molar-refractivity contribution in [3.8, 4) is 0 Å². The Bertz CT molecular complexity index is 144. The molecule has 1 saturated carbocycles. The minimum absolute atomic E-state index is 0.837. The maximum atomic E-state index is 3.67. The molecule has 0 spiro atoms. The van der Waals surface area contributed by atoms with E-state index in [1.165, 1.54) is 45.1 Å². The molecular formula is C13H27N. The number of hydrogen-bond donors (Lipinski definition) is 1. The average molecular weight is 197 g/mol. The summed E-state index contributed by atoms with van der Waals surface area (Å²) in [4.78, 5) is 0. The van der Waals surface area contributed by atoms with Crippen molar-refractivity contribution in [2.24, 2.45) is 11.8 Å². The van der Waals surface area contributed by atoms with Crippen molar-refractivity contribution in [3.63, 3.8) is 0 Å². The average Bonchev–Trinajstić information content (AvgIpc) is 2.31. The van der Waals surface area contributed by atoms with Crippen LogP contribution in [0.4, 0.5) is 0 Å². The second-order valence-corrected chi connectivity index (χ2v) is 4.55. The van der Waals surface area contributed by atoms with E-state index >= 15 is 0 Å². The lowest BCUT2D eigenvalue weighted by atomic mass is 9.73. The molecule has 3 unspecified atom stereocenters. The fraction of sp³-hybridized carbons (Fsp3) is 1.00. The molecule has 0 amide bonds. The summed E-state index contributed by atoms with van der Waals surface area (Å²) in [5.41, 5.74) is 0. The Morgan fingerprint density at radius 1 is 1.07 bits per heavy atom. The van der Waals surface area contributed by atoms with E-state index in [1.54, 1.807) is 0 Å². The zero-order valence-corrected chi connectivity index (χ0v) is 10.2. The van der Waals surface area contributed by atoms with Crippen LogP contribution in [0.5, 0.6) is 0 Å². The van der Waals surface area contributed by atoms with Crippen LogP contribution in [0, 0.1) is 11.8 Å². The van der Waals surface area contributed by atoms with Crippen LogP contribution in [-0.4, -0.2) is 12.6 Å². The van der Waals surface area contributed by atoms with Crippen molar-refractivity contribution in [1.29, 1.82) is 0 Å². The van der Waals surface area contributed by atoms with Crippen molar-refractivity contribution in [1.82, 2.24) is 5.32 Å². The Morgan fingerprint density at radius 3 is 2.36 bits per heavy atom. The molecule has 1 nitrogen and oxygen atoms in total. The molecule has 1 heteroatoms. The maximum Gasteiger partial charge on any atom is 0.00673 e. The quantitative estimate of drug-likeness (QED) is 0.677. The molecule has 0 aromatic heterocycles. The van der Waals surface area contributed by atoms with Crippen LogP contribution in [0.2, 0.25) is 0 Å². The van der Waals surface area contributed by atoms with Gasteiger partial charge in [0.05, 0.1) is 0 Å². The molecule has 0 aromatic rings. The fourth-order valence-electron chi connectivity index (χ4n) is 2.94. The van der Waals surface area contributed by atoms with E-state index in [0.717, 1.165) is 17.9 Å². The van der Waals surface area contributed by atoms with Gasteiger partial charge < -0.3 is 5.32 Å². The Balaban J connectivity index is 0.000000461. The van der Waals surface area contributed by atoms with Gasteiger partial charge in [0.25, 0.3) is 0 Å². The molecule has 0 aromatic carbocycles. The largest absolute Gasteiger partial charge is 0.314 e. The number of rotatable bonds is 1. The standard InChI is InChI=1S/C11H21N.C2H6/c1-2-11-7-9-5-3-4-6-10(9)8-12-11;1-2/h9-12H,2-8H2,1H3;1-2H3. The summed E-state index contributed by atoms with van der Waals surface area (Å²) in [5, 5.41) is 3.67. The van der Waals surface area contributed by atoms with Crippen LogP contribution in [0.25, 0.3) is 0 Å². The molecule has 0 radical (unpaired) electrons. The van der Waals surface area contributed by atoms with Gasteiger partial charge in [-0.3, -0.25) is 0 Å². The normalized spacial score (nSPS) is 36.6. The van der Waals surface area contributed by atoms with Crippen LogP contribution in [-0.2, 0) is 0 Å². The molecule has 2 fully saturated rings. The van der Waals surface area contributed by atoms with Gasteiger partial charge in [-0.15, -0.1) is 0 Å². The van der Waals surface area contributed by atoms with Gasteiger partial charge in [-0.05, 0) is 37.6 Å². The van der Waals surface area contributed by atoms with Crippen LogP contribution in [0.15, 0.2) is 0 Å². The lowest BCUT2D eigenvalue weighted by molar-refractivity contribution is 0.152. The molecule has 1 heterocycles. The molecule has 0 bridgehead atoms. The lowest BCUT2D eigenvalue weighted by Gasteiger charge is -2.39. The SMILES string of the molecule is CC.CCC1CC2CCCCC2CN1. The molecule has 1 saturated heterocycles. The van der Waals surface area contributed by atoms with E-state index in [2.05, 4.69) is 12.2 Å². The second kappa shape index (κ2) is 6.44. The summed E-state index contributed by atoms with van der Waals surface area (Å²) in [6, 6.07) is 0.837. The second-order valence-electron chi connectivity index (χ2n) is 4.55. The van der Waals surface area contributed by atoms with E-state index in [9.17, 15) is 0 Å². The van der Waals surface area contributed by atoms with Crippen molar-refractivity contribution in [2.75, 3.05) is 6.54 Å². The number of fused-ring (bicyclic) bond motifs is 1. The minimum atomic E-state index is 0.837. The molecule has 1 aliphatic carbocycles.